The lowest BCUT2D eigenvalue weighted by Crippen LogP contribution is -2.49. The van der Waals surface area contributed by atoms with Gasteiger partial charge in [0.15, 0.2) is 0 Å². The molecule has 288 valence electrons. The van der Waals surface area contributed by atoms with Gasteiger partial charge in [0.1, 0.15) is 11.8 Å². The molecule has 0 radical (unpaired) electrons. The van der Waals surface area contributed by atoms with Crippen molar-refractivity contribution in [2.75, 3.05) is 73.8 Å². The lowest BCUT2D eigenvalue weighted by molar-refractivity contribution is -0.123. The number of nitrogens with zero attached hydrogens (tertiary/aromatic N) is 6. The van der Waals surface area contributed by atoms with Crippen LogP contribution in [0.1, 0.15) is 27.3 Å². The van der Waals surface area contributed by atoms with Crippen LogP contribution >= 0.6 is 0 Å². The van der Waals surface area contributed by atoms with E-state index in [1.165, 1.54) is 41.7 Å². The van der Waals surface area contributed by atoms with E-state index < -0.39 is 26.0 Å². The number of rotatable bonds is 13. The number of nitrogens with one attached hydrogen (secondary N) is 2. The monoisotopic (exact) mass is 778 g/mol. The number of nitriles is 1. The molecule has 3 aromatic rings. The van der Waals surface area contributed by atoms with Gasteiger partial charge in [0.2, 0.25) is 26.0 Å². The average molecular weight is 779 g/mol. The molecule has 1 fully saturated rings. The summed E-state index contributed by atoms with van der Waals surface area (Å²) in [4.78, 5) is 40.7. The number of aryl methyl sites for hydroxylation is 1. The molecule has 1 aliphatic heterocycles. The van der Waals surface area contributed by atoms with Crippen LogP contribution in [0, 0.1) is 24.2 Å². The van der Waals surface area contributed by atoms with Gasteiger partial charge >= 0.3 is 0 Å². The van der Waals surface area contributed by atoms with E-state index in [1.54, 1.807) is 25.1 Å². The maximum atomic E-state index is 13.5. The van der Waals surface area contributed by atoms with Gasteiger partial charge in [0.25, 0.3) is 18.9 Å². The fourth-order valence-corrected chi connectivity index (χ4v) is 6.81. The van der Waals surface area contributed by atoms with Gasteiger partial charge in [-0.25, -0.2) is 26.8 Å². The molecule has 2 heterocycles. The summed E-state index contributed by atoms with van der Waals surface area (Å²) in [6.45, 7) is 2.53. The number of carbonyl (C=O) groups is 3. The van der Waals surface area contributed by atoms with Crippen LogP contribution in [0.4, 0.5) is 17.3 Å². The minimum absolute atomic E-state index is 0.0390. The highest BCUT2D eigenvalue weighted by molar-refractivity contribution is 7.92. The van der Waals surface area contributed by atoms with Gasteiger partial charge in [-0.1, -0.05) is 6.07 Å². The molecule has 0 atom stereocenters. The Morgan fingerprint density at radius 1 is 0.981 bits per heavy atom. The SMILES string of the molecule is Cc1cc(C#N)nc(N2CCN(S(=O)(=O)c3ccc(NC(=O)c4cc(CNCC(CO)CO)ccc4N(C)S(C)(=O)=O)cc3)CC2)n1.O=CO.O=CO. The molecule has 0 unspecified atom stereocenters. The first-order valence-electron chi connectivity index (χ1n) is 15.7. The van der Waals surface area contributed by atoms with Crippen LogP contribution in [0.15, 0.2) is 53.4 Å². The maximum Gasteiger partial charge on any atom is 0.290 e. The Kier molecular flexibility index (Phi) is 17.2. The first-order valence-corrected chi connectivity index (χ1v) is 19.0. The standard InChI is InChI=1S/C30H38N8O7S2.2CH2O2/c1-21-14-25(16-31)35-30(33-21)37-10-12-38(13-11-37)47(44,45)26-7-5-24(6-8-26)34-29(41)27-15-22(17-32-18-23(19-39)20-40)4-9-28(27)36(2)46(3,42)43;2*2-1-3/h4-9,14-15,23,32,39-40H,10-13,17-20H2,1-3H3,(H,34,41);2*1H,(H,2,3). The van der Waals surface area contributed by atoms with Crippen molar-refractivity contribution in [3.8, 4) is 6.07 Å². The van der Waals surface area contributed by atoms with Crippen molar-refractivity contribution in [1.29, 1.82) is 5.26 Å². The van der Waals surface area contributed by atoms with Gasteiger partial charge < -0.3 is 36.0 Å². The average Bonchev–Trinajstić information content (AvgIpc) is 3.13. The molecule has 1 aliphatic rings. The van der Waals surface area contributed by atoms with Crippen molar-refractivity contribution >= 4 is 56.2 Å². The predicted molar refractivity (Wildman–Crippen MR) is 193 cm³/mol. The Balaban J connectivity index is 0.00000151. The van der Waals surface area contributed by atoms with Crippen LogP contribution in [0.2, 0.25) is 0 Å². The van der Waals surface area contributed by atoms with Crippen molar-refractivity contribution in [3.05, 3.63) is 71.0 Å². The summed E-state index contributed by atoms with van der Waals surface area (Å²) in [6.07, 6.45) is 1.02. The molecule has 1 saturated heterocycles. The van der Waals surface area contributed by atoms with Gasteiger partial charge in [-0.15, -0.1) is 0 Å². The zero-order valence-electron chi connectivity index (χ0n) is 29.2. The number of sulfonamides is 2. The Hall–Kier alpha value is -5.24. The summed E-state index contributed by atoms with van der Waals surface area (Å²) >= 11 is 0. The first-order chi connectivity index (χ1) is 25.1. The van der Waals surface area contributed by atoms with E-state index in [2.05, 4.69) is 20.6 Å². The normalized spacial score (nSPS) is 13.0. The van der Waals surface area contributed by atoms with E-state index in [-0.39, 0.29) is 67.0 Å². The molecule has 0 spiro atoms. The van der Waals surface area contributed by atoms with Gasteiger partial charge in [0.05, 0.1) is 22.4 Å². The fourth-order valence-electron chi connectivity index (χ4n) is 4.87. The largest absolute Gasteiger partial charge is 0.483 e. The molecule has 4 rings (SSSR count). The van der Waals surface area contributed by atoms with Crippen LogP contribution in [0.25, 0.3) is 0 Å². The molecule has 53 heavy (non-hydrogen) atoms. The number of aromatic nitrogens is 2. The highest BCUT2D eigenvalue weighted by Crippen LogP contribution is 2.26. The van der Waals surface area contributed by atoms with Crippen molar-refractivity contribution in [2.24, 2.45) is 5.92 Å². The molecule has 1 amide bonds. The molecular weight excluding hydrogens is 737 g/mol. The number of anilines is 3. The predicted octanol–water partition coefficient (Wildman–Crippen LogP) is -0.0923. The highest BCUT2D eigenvalue weighted by atomic mass is 32.2. The lowest BCUT2D eigenvalue weighted by atomic mass is 10.1. The number of hydrogen-bond acceptors (Lipinski definition) is 14. The molecule has 0 saturated carbocycles. The second-order valence-corrected chi connectivity index (χ2v) is 15.3. The van der Waals surface area contributed by atoms with Crippen LogP contribution in [-0.4, -0.2) is 130 Å². The number of piperazine rings is 1. The molecular formula is C32H42N8O11S2. The third kappa shape index (κ3) is 12.7. The summed E-state index contributed by atoms with van der Waals surface area (Å²) in [5.74, 6) is -0.578. The van der Waals surface area contributed by atoms with Crippen LogP contribution < -0.4 is 19.8 Å². The smallest absolute Gasteiger partial charge is 0.290 e. The second-order valence-electron chi connectivity index (χ2n) is 11.3. The number of benzene rings is 2. The Bertz CT molecular complexity index is 1940. The summed E-state index contributed by atoms with van der Waals surface area (Å²) in [7, 11) is -6.22. The van der Waals surface area contributed by atoms with E-state index >= 15 is 0 Å². The van der Waals surface area contributed by atoms with Gasteiger partial charge in [-0.2, -0.15) is 9.57 Å². The number of carbonyl (C=O) groups excluding carboxylic acids is 1. The molecule has 0 bridgehead atoms. The quantitative estimate of drug-likeness (QED) is 0.124. The van der Waals surface area contributed by atoms with Gasteiger partial charge in [0, 0.05) is 76.8 Å². The zero-order chi connectivity index (χ0) is 39.8. The molecule has 0 aliphatic carbocycles. The number of aliphatic hydroxyl groups excluding tert-OH is 2. The summed E-state index contributed by atoms with van der Waals surface area (Å²) in [6, 6.07) is 14.0. The van der Waals surface area contributed by atoms with Crippen molar-refractivity contribution in [3.63, 3.8) is 0 Å². The minimum atomic E-state index is -3.86. The molecule has 6 N–H and O–H groups in total. The molecule has 19 nitrogen and oxygen atoms in total. The zero-order valence-corrected chi connectivity index (χ0v) is 30.8. The molecule has 2 aromatic carbocycles. The van der Waals surface area contributed by atoms with E-state index in [0.29, 0.717) is 49.1 Å². The van der Waals surface area contributed by atoms with Gasteiger partial charge in [-0.05, 0) is 55.0 Å². The Morgan fingerprint density at radius 2 is 1.57 bits per heavy atom. The number of amides is 1. The summed E-state index contributed by atoms with van der Waals surface area (Å²) in [5, 5.41) is 47.4. The van der Waals surface area contributed by atoms with Crippen molar-refractivity contribution in [1.82, 2.24) is 19.6 Å². The topological polar surface area (TPSA) is 284 Å². The fraction of sp³-hybridized carbons (Fsp3) is 0.375. The maximum absolute atomic E-state index is 13.5. The number of carboxylic acid groups (broad SMARTS) is 2. The highest BCUT2D eigenvalue weighted by Gasteiger charge is 2.30. The Morgan fingerprint density at radius 3 is 2.09 bits per heavy atom. The summed E-state index contributed by atoms with van der Waals surface area (Å²) < 4.78 is 53.8. The van der Waals surface area contributed by atoms with E-state index in [4.69, 9.17) is 19.8 Å². The van der Waals surface area contributed by atoms with E-state index in [0.717, 1.165) is 10.6 Å². The van der Waals surface area contributed by atoms with E-state index in [9.17, 15) is 37.1 Å². The van der Waals surface area contributed by atoms with Crippen molar-refractivity contribution < 1.29 is 51.6 Å². The van der Waals surface area contributed by atoms with Crippen LogP contribution in [0.5, 0.6) is 0 Å². The third-order valence-electron chi connectivity index (χ3n) is 7.65. The summed E-state index contributed by atoms with van der Waals surface area (Å²) in [5.41, 5.74) is 2.07. The van der Waals surface area contributed by atoms with Crippen LogP contribution in [0.3, 0.4) is 0 Å². The van der Waals surface area contributed by atoms with Crippen molar-refractivity contribution in [2.45, 2.75) is 18.4 Å². The second kappa shape index (κ2) is 20.7. The lowest BCUT2D eigenvalue weighted by Gasteiger charge is -2.34. The third-order valence-corrected chi connectivity index (χ3v) is 10.8. The molecule has 21 heteroatoms. The molecule has 1 aromatic heterocycles. The van der Waals surface area contributed by atoms with E-state index in [1.807, 2.05) is 11.0 Å². The first kappa shape index (κ1) is 43.9. The minimum Gasteiger partial charge on any atom is -0.483 e. The van der Waals surface area contributed by atoms with Gasteiger partial charge in [-0.3, -0.25) is 18.7 Å². The van der Waals surface area contributed by atoms with Crippen LogP contribution in [-0.2, 0) is 36.2 Å². The Labute approximate surface area is 307 Å². The number of hydrogen-bond donors (Lipinski definition) is 6. The number of aliphatic hydroxyl groups is 2.